The van der Waals surface area contributed by atoms with Gasteiger partial charge in [0.25, 0.3) is 0 Å². The van der Waals surface area contributed by atoms with Crippen LogP contribution in [0.25, 0.3) is 0 Å². The van der Waals surface area contributed by atoms with Crippen LogP contribution in [-0.4, -0.2) is 35.7 Å². The first kappa shape index (κ1) is 24.3. The van der Waals surface area contributed by atoms with Gasteiger partial charge < -0.3 is 14.2 Å². The molecule has 0 aromatic heterocycles. The van der Waals surface area contributed by atoms with E-state index < -0.39 is 11.7 Å². The van der Waals surface area contributed by atoms with Crippen molar-refractivity contribution >= 4 is 17.9 Å². The Morgan fingerprint density at radius 3 is 2.24 bits per heavy atom. The van der Waals surface area contributed by atoms with Gasteiger partial charge >= 0.3 is 17.9 Å². The van der Waals surface area contributed by atoms with Crippen LogP contribution in [0.1, 0.15) is 92.9 Å². The molecule has 3 saturated carbocycles. The van der Waals surface area contributed by atoms with Crippen LogP contribution in [0.5, 0.6) is 0 Å². The van der Waals surface area contributed by atoms with Crippen molar-refractivity contribution in [3.05, 3.63) is 11.6 Å². The number of hydrogen-bond acceptors (Lipinski definition) is 6. The topological polar surface area (TPSA) is 78.9 Å². The summed E-state index contributed by atoms with van der Waals surface area (Å²) < 4.78 is 17.3. The zero-order valence-corrected chi connectivity index (χ0v) is 21.1. The van der Waals surface area contributed by atoms with Gasteiger partial charge in [-0.3, -0.25) is 14.4 Å². The van der Waals surface area contributed by atoms with Crippen LogP contribution in [0.2, 0.25) is 0 Å². The standard InChI is InChI=1S/C27H40O6/c1-16(31-17(2)28)27(33-19(4)30)14-11-24-22-8-7-20-15-21(32-18(3)29)9-12-25(20,5)23(22)10-13-26(24,27)6/h15-16,21-24H,7-14H2,1-6H3/t16?,21?,22?,23?,24?,25-,26-,27-/m0/s1. The number of esters is 3. The zero-order valence-electron chi connectivity index (χ0n) is 21.1. The lowest BCUT2D eigenvalue weighted by molar-refractivity contribution is -0.215. The normalized spacial score (nSPS) is 42.7. The molecule has 5 unspecified atom stereocenters. The summed E-state index contributed by atoms with van der Waals surface area (Å²) in [5.41, 5.74) is 0.600. The lowest BCUT2D eigenvalue weighted by atomic mass is 9.46. The largest absolute Gasteiger partial charge is 0.459 e. The fourth-order valence-electron chi connectivity index (χ4n) is 8.55. The van der Waals surface area contributed by atoms with E-state index in [-0.39, 0.29) is 34.8 Å². The molecule has 0 aromatic rings. The van der Waals surface area contributed by atoms with Gasteiger partial charge in [-0.05, 0) is 87.5 Å². The summed E-state index contributed by atoms with van der Waals surface area (Å²) in [5, 5.41) is 0. The Morgan fingerprint density at radius 1 is 0.909 bits per heavy atom. The molecule has 6 heteroatoms. The van der Waals surface area contributed by atoms with Crippen LogP contribution in [0.4, 0.5) is 0 Å². The molecule has 0 amide bonds. The summed E-state index contributed by atoms with van der Waals surface area (Å²) in [5.74, 6) is 0.710. The summed E-state index contributed by atoms with van der Waals surface area (Å²) in [6, 6.07) is 0. The average molecular weight is 461 g/mol. The molecule has 0 bridgehead atoms. The highest BCUT2D eigenvalue weighted by Crippen LogP contribution is 2.69. The Bertz CT molecular complexity index is 863. The second-order valence-corrected chi connectivity index (χ2v) is 11.4. The van der Waals surface area contributed by atoms with Gasteiger partial charge in [-0.1, -0.05) is 19.4 Å². The number of carbonyl (C=O) groups excluding carboxylic acids is 3. The van der Waals surface area contributed by atoms with Crippen molar-refractivity contribution in [1.29, 1.82) is 0 Å². The summed E-state index contributed by atoms with van der Waals surface area (Å²) in [7, 11) is 0. The van der Waals surface area contributed by atoms with E-state index in [1.165, 1.54) is 26.3 Å². The van der Waals surface area contributed by atoms with Crippen LogP contribution in [0.3, 0.4) is 0 Å². The molecule has 8 atom stereocenters. The monoisotopic (exact) mass is 460 g/mol. The Hall–Kier alpha value is -1.85. The molecule has 33 heavy (non-hydrogen) atoms. The van der Waals surface area contributed by atoms with E-state index in [4.69, 9.17) is 14.2 Å². The van der Waals surface area contributed by atoms with E-state index in [0.29, 0.717) is 17.8 Å². The molecule has 4 rings (SSSR count). The Labute approximate surface area is 197 Å². The van der Waals surface area contributed by atoms with E-state index in [9.17, 15) is 14.4 Å². The van der Waals surface area contributed by atoms with Crippen LogP contribution in [0.15, 0.2) is 11.6 Å². The molecule has 3 fully saturated rings. The summed E-state index contributed by atoms with van der Waals surface area (Å²) in [6.45, 7) is 10.9. The van der Waals surface area contributed by atoms with Gasteiger partial charge in [-0.15, -0.1) is 0 Å². The van der Waals surface area contributed by atoms with Gasteiger partial charge in [0.1, 0.15) is 12.2 Å². The lowest BCUT2D eigenvalue weighted by Gasteiger charge is -2.60. The first-order valence-corrected chi connectivity index (χ1v) is 12.7. The first-order chi connectivity index (χ1) is 15.4. The van der Waals surface area contributed by atoms with Crippen molar-refractivity contribution < 1.29 is 28.6 Å². The van der Waals surface area contributed by atoms with Crippen LogP contribution in [0, 0.1) is 28.6 Å². The molecule has 0 aromatic carbocycles. The Morgan fingerprint density at radius 2 is 1.61 bits per heavy atom. The van der Waals surface area contributed by atoms with Crippen molar-refractivity contribution in [2.75, 3.05) is 0 Å². The molecule has 0 heterocycles. The molecule has 6 nitrogen and oxygen atoms in total. The van der Waals surface area contributed by atoms with Gasteiger partial charge in [0.15, 0.2) is 5.60 Å². The smallest absolute Gasteiger partial charge is 0.303 e. The van der Waals surface area contributed by atoms with Gasteiger partial charge in [0.05, 0.1) is 0 Å². The number of hydrogen-bond donors (Lipinski definition) is 0. The quantitative estimate of drug-likeness (QED) is 0.329. The predicted molar refractivity (Wildman–Crippen MR) is 123 cm³/mol. The summed E-state index contributed by atoms with van der Waals surface area (Å²) in [4.78, 5) is 35.5. The minimum atomic E-state index is -0.774. The minimum absolute atomic E-state index is 0.0938. The maximum atomic E-state index is 12.2. The summed E-state index contributed by atoms with van der Waals surface area (Å²) in [6.07, 6.45) is 9.47. The molecular formula is C27H40O6. The van der Waals surface area contributed by atoms with Gasteiger partial charge in [0, 0.05) is 26.2 Å². The van der Waals surface area contributed by atoms with E-state index >= 15 is 0 Å². The zero-order chi connectivity index (χ0) is 24.2. The predicted octanol–water partition coefficient (Wildman–Crippen LogP) is 5.13. The number of fused-ring (bicyclic) bond motifs is 5. The molecule has 0 aliphatic heterocycles. The van der Waals surface area contributed by atoms with Crippen LogP contribution in [-0.2, 0) is 28.6 Å². The average Bonchev–Trinajstić information content (AvgIpc) is 3.00. The number of allylic oxidation sites excluding steroid dienone is 1. The molecule has 0 N–H and O–H groups in total. The molecule has 184 valence electrons. The maximum Gasteiger partial charge on any atom is 0.303 e. The Kier molecular flexibility index (Phi) is 6.20. The van der Waals surface area contributed by atoms with Crippen molar-refractivity contribution in [1.82, 2.24) is 0 Å². The molecule has 4 aliphatic rings. The highest BCUT2D eigenvalue weighted by Gasteiger charge is 2.68. The van der Waals surface area contributed by atoms with Gasteiger partial charge in [-0.2, -0.15) is 0 Å². The van der Waals surface area contributed by atoms with Crippen molar-refractivity contribution in [2.24, 2.45) is 28.6 Å². The second-order valence-electron chi connectivity index (χ2n) is 11.4. The van der Waals surface area contributed by atoms with Crippen molar-refractivity contribution in [3.8, 4) is 0 Å². The SMILES string of the molecule is CC(=O)OC1C=C2CCC3C(CC[C@@]4(C)C3CC[C@]4(OC(C)=O)C(C)OC(C)=O)[C@@]2(C)CC1. The third-order valence-electron chi connectivity index (χ3n) is 9.90. The third-order valence-corrected chi connectivity index (χ3v) is 9.90. The highest BCUT2D eigenvalue weighted by molar-refractivity contribution is 5.68. The van der Waals surface area contributed by atoms with Gasteiger partial charge in [0.2, 0.25) is 0 Å². The number of ether oxygens (including phenoxy) is 3. The number of rotatable bonds is 4. The van der Waals surface area contributed by atoms with E-state index in [1.54, 1.807) is 0 Å². The maximum absolute atomic E-state index is 12.2. The highest BCUT2D eigenvalue weighted by atomic mass is 16.6. The summed E-state index contributed by atoms with van der Waals surface area (Å²) >= 11 is 0. The second kappa shape index (κ2) is 8.42. The van der Waals surface area contributed by atoms with E-state index in [1.807, 2.05) is 6.92 Å². The third kappa shape index (κ3) is 3.81. The molecule has 0 saturated heterocycles. The van der Waals surface area contributed by atoms with E-state index in [2.05, 4.69) is 19.9 Å². The van der Waals surface area contributed by atoms with Crippen LogP contribution >= 0.6 is 0 Å². The van der Waals surface area contributed by atoms with E-state index in [0.717, 1.165) is 51.4 Å². The molecular weight excluding hydrogens is 420 g/mol. The van der Waals surface area contributed by atoms with Gasteiger partial charge in [-0.25, -0.2) is 0 Å². The van der Waals surface area contributed by atoms with Crippen molar-refractivity contribution in [2.45, 2.75) is 111 Å². The number of carbonyl (C=O) groups is 3. The Balaban J connectivity index is 1.63. The fourth-order valence-corrected chi connectivity index (χ4v) is 8.55. The minimum Gasteiger partial charge on any atom is -0.459 e. The first-order valence-electron chi connectivity index (χ1n) is 12.7. The van der Waals surface area contributed by atoms with Crippen molar-refractivity contribution in [3.63, 3.8) is 0 Å². The molecule has 0 radical (unpaired) electrons. The molecule has 0 spiro atoms. The molecule has 4 aliphatic carbocycles. The fraction of sp³-hybridized carbons (Fsp3) is 0.815. The van der Waals surface area contributed by atoms with Crippen LogP contribution < -0.4 is 0 Å². The lowest BCUT2D eigenvalue weighted by Crippen LogP contribution is -2.60.